The van der Waals surface area contributed by atoms with E-state index >= 15 is 0 Å². The summed E-state index contributed by atoms with van der Waals surface area (Å²) in [5.41, 5.74) is 1.77. The van der Waals surface area contributed by atoms with Gasteiger partial charge in [-0.3, -0.25) is 0 Å². The van der Waals surface area contributed by atoms with E-state index in [0.29, 0.717) is 6.54 Å². The topological polar surface area (TPSA) is 36.4 Å². The lowest BCUT2D eigenvalue weighted by molar-refractivity contribution is 0.0997. The normalized spacial score (nSPS) is 17.6. The molecule has 1 atom stereocenters. The van der Waals surface area contributed by atoms with Crippen molar-refractivity contribution in [3.8, 4) is 0 Å². The first-order valence-electron chi connectivity index (χ1n) is 8.51. The fourth-order valence-corrected chi connectivity index (χ4v) is 3.66. The first kappa shape index (κ1) is 14.6. The number of aliphatic hydroxyl groups excluding tert-OH is 1. The average Bonchev–Trinajstić information content (AvgIpc) is 2.62. The molecule has 1 unspecified atom stereocenters. The number of nitrogens with zero attached hydrogens (tertiary/aromatic N) is 2. The highest BCUT2D eigenvalue weighted by Crippen LogP contribution is 2.30. The maximum absolute atomic E-state index is 10.8. The Morgan fingerprint density at radius 3 is 2.30 bits per heavy atom. The molecule has 0 aliphatic carbocycles. The Labute approximate surface area is 136 Å². The van der Waals surface area contributed by atoms with Crippen molar-refractivity contribution in [2.24, 2.45) is 0 Å². The molecule has 0 saturated carbocycles. The summed E-state index contributed by atoms with van der Waals surface area (Å²) in [6.07, 6.45) is 3.24. The average molecular weight is 306 g/mol. The van der Waals surface area contributed by atoms with E-state index in [9.17, 15) is 5.11 Å². The molecule has 1 N–H and O–H groups in total. The Morgan fingerprint density at radius 1 is 0.870 bits per heavy atom. The highest BCUT2D eigenvalue weighted by molar-refractivity contribution is 6.06. The van der Waals surface area contributed by atoms with E-state index in [1.807, 2.05) is 24.3 Å². The molecule has 2 heterocycles. The molecule has 1 aromatic heterocycles. The van der Waals surface area contributed by atoms with E-state index in [2.05, 4.69) is 29.2 Å². The number of fused-ring (bicyclic) bond motifs is 3. The minimum absolute atomic E-state index is 0.539. The molecule has 1 aliphatic rings. The number of β-amino-alcohol motifs (C(OH)–C–C–N with tert-alkyl or cyclic N) is 1. The van der Waals surface area contributed by atoms with Gasteiger partial charge in [-0.25, -0.2) is 4.98 Å². The SMILES string of the molecule is OC(CN1CCCCC1)c1nc2ccccc2c2ccccc12. The second kappa shape index (κ2) is 6.26. The van der Waals surface area contributed by atoms with Crippen LogP contribution in [-0.4, -0.2) is 34.6 Å². The summed E-state index contributed by atoms with van der Waals surface area (Å²) in [5.74, 6) is 0. The van der Waals surface area contributed by atoms with Crippen LogP contribution < -0.4 is 0 Å². The van der Waals surface area contributed by atoms with E-state index in [-0.39, 0.29) is 0 Å². The number of likely N-dealkylation sites (tertiary alicyclic amines) is 1. The molecule has 0 spiro atoms. The van der Waals surface area contributed by atoms with Crippen LogP contribution in [0.3, 0.4) is 0 Å². The number of pyridine rings is 1. The minimum atomic E-state index is -0.539. The van der Waals surface area contributed by atoms with Crippen molar-refractivity contribution in [3.63, 3.8) is 0 Å². The maximum Gasteiger partial charge on any atom is 0.109 e. The summed E-state index contributed by atoms with van der Waals surface area (Å²) in [6.45, 7) is 2.85. The quantitative estimate of drug-likeness (QED) is 0.745. The van der Waals surface area contributed by atoms with Crippen LogP contribution in [0.4, 0.5) is 0 Å². The van der Waals surface area contributed by atoms with E-state index in [4.69, 9.17) is 4.98 Å². The van der Waals surface area contributed by atoms with Crippen molar-refractivity contribution in [2.45, 2.75) is 25.4 Å². The summed E-state index contributed by atoms with van der Waals surface area (Å²) in [4.78, 5) is 7.15. The van der Waals surface area contributed by atoms with Gasteiger partial charge in [0, 0.05) is 17.3 Å². The lowest BCUT2D eigenvalue weighted by Gasteiger charge is -2.28. The third-order valence-electron chi connectivity index (χ3n) is 4.83. The smallest absolute Gasteiger partial charge is 0.109 e. The second-order valence-electron chi connectivity index (χ2n) is 6.44. The van der Waals surface area contributed by atoms with Gasteiger partial charge in [-0.15, -0.1) is 0 Å². The molecule has 1 aliphatic heterocycles. The zero-order valence-corrected chi connectivity index (χ0v) is 13.3. The Bertz CT molecular complexity index is 824. The Hall–Kier alpha value is -1.97. The van der Waals surface area contributed by atoms with Gasteiger partial charge in [-0.2, -0.15) is 0 Å². The first-order chi connectivity index (χ1) is 11.3. The molecular weight excluding hydrogens is 284 g/mol. The largest absolute Gasteiger partial charge is 0.385 e. The van der Waals surface area contributed by atoms with Gasteiger partial charge in [0.2, 0.25) is 0 Å². The van der Waals surface area contributed by atoms with Gasteiger partial charge in [-0.1, -0.05) is 48.9 Å². The Kier molecular flexibility index (Phi) is 3.98. The minimum Gasteiger partial charge on any atom is -0.385 e. The van der Waals surface area contributed by atoms with E-state index in [1.54, 1.807) is 0 Å². The van der Waals surface area contributed by atoms with Crippen LogP contribution in [-0.2, 0) is 0 Å². The summed E-state index contributed by atoms with van der Waals surface area (Å²) in [6, 6.07) is 16.4. The van der Waals surface area contributed by atoms with Crippen LogP contribution >= 0.6 is 0 Å². The lowest BCUT2D eigenvalue weighted by atomic mass is 10.0. The fourth-order valence-electron chi connectivity index (χ4n) is 3.66. The number of hydrogen-bond acceptors (Lipinski definition) is 3. The number of piperidine rings is 1. The van der Waals surface area contributed by atoms with Crippen molar-refractivity contribution in [1.29, 1.82) is 0 Å². The predicted octanol–water partition coefficient (Wildman–Crippen LogP) is 3.91. The third-order valence-corrected chi connectivity index (χ3v) is 4.83. The van der Waals surface area contributed by atoms with Gasteiger partial charge in [0.15, 0.2) is 0 Å². The second-order valence-corrected chi connectivity index (χ2v) is 6.44. The summed E-state index contributed by atoms with van der Waals surface area (Å²) in [5, 5.41) is 14.2. The number of aromatic nitrogens is 1. The molecule has 1 fully saturated rings. The maximum atomic E-state index is 10.8. The predicted molar refractivity (Wildman–Crippen MR) is 94.5 cm³/mol. The zero-order valence-electron chi connectivity index (χ0n) is 13.3. The molecule has 3 aromatic rings. The van der Waals surface area contributed by atoms with Crippen LogP contribution in [0, 0.1) is 0 Å². The van der Waals surface area contributed by atoms with Crippen LogP contribution in [0.2, 0.25) is 0 Å². The van der Waals surface area contributed by atoms with Gasteiger partial charge in [0.05, 0.1) is 11.2 Å². The van der Waals surface area contributed by atoms with E-state index in [0.717, 1.165) is 35.1 Å². The number of aliphatic hydroxyl groups is 1. The molecule has 23 heavy (non-hydrogen) atoms. The van der Waals surface area contributed by atoms with E-state index < -0.39 is 6.10 Å². The summed E-state index contributed by atoms with van der Waals surface area (Å²) < 4.78 is 0. The fraction of sp³-hybridized carbons (Fsp3) is 0.350. The van der Waals surface area contributed by atoms with Gasteiger partial charge in [-0.05, 0) is 37.4 Å². The Balaban J connectivity index is 1.77. The monoisotopic (exact) mass is 306 g/mol. The number of benzene rings is 2. The molecule has 0 radical (unpaired) electrons. The molecular formula is C20H22N2O. The number of hydrogen-bond donors (Lipinski definition) is 1. The molecule has 4 rings (SSSR count). The van der Waals surface area contributed by atoms with Gasteiger partial charge in [0.1, 0.15) is 6.10 Å². The molecule has 3 nitrogen and oxygen atoms in total. The summed E-state index contributed by atoms with van der Waals surface area (Å²) in [7, 11) is 0. The van der Waals surface area contributed by atoms with Crippen molar-refractivity contribution in [3.05, 3.63) is 54.2 Å². The van der Waals surface area contributed by atoms with Crippen LogP contribution in [0.5, 0.6) is 0 Å². The molecule has 1 saturated heterocycles. The van der Waals surface area contributed by atoms with Gasteiger partial charge >= 0.3 is 0 Å². The molecule has 0 amide bonds. The van der Waals surface area contributed by atoms with Crippen molar-refractivity contribution >= 4 is 21.7 Å². The van der Waals surface area contributed by atoms with Crippen LogP contribution in [0.1, 0.15) is 31.1 Å². The molecule has 118 valence electrons. The summed E-state index contributed by atoms with van der Waals surface area (Å²) >= 11 is 0. The van der Waals surface area contributed by atoms with Crippen LogP contribution in [0.15, 0.2) is 48.5 Å². The Morgan fingerprint density at radius 2 is 1.52 bits per heavy atom. The number of rotatable bonds is 3. The molecule has 3 heteroatoms. The molecule has 2 aromatic carbocycles. The lowest BCUT2D eigenvalue weighted by Crippen LogP contribution is -2.33. The van der Waals surface area contributed by atoms with Gasteiger partial charge in [0.25, 0.3) is 0 Å². The third kappa shape index (κ3) is 2.82. The number of para-hydroxylation sites is 1. The van der Waals surface area contributed by atoms with Crippen LogP contribution in [0.25, 0.3) is 21.7 Å². The van der Waals surface area contributed by atoms with Crippen molar-refractivity contribution in [2.75, 3.05) is 19.6 Å². The highest BCUT2D eigenvalue weighted by Gasteiger charge is 2.19. The molecule has 0 bridgehead atoms. The first-order valence-corrected chi connectivity index (χ1v) is 8.51. The highest BCUT2D eigenvalue weighted by atomic mass is 16.3. The standard InChI is InChI=1S/C20H22N2O/c23-19(14-22-12-6-1-7-13-22)20-17-10-3-2-8-15(17)16-9-4-5-11-18(16)21-20/h2-5,8-11,19,23H,1,6-7,12-14H2. The van der Waals surface area contributed by atoms with Gasteiger partial charge < -0.3 is 10.0 Å². The zero-order chi connectivity index (χ0) is 15.6. The van der Waals surface area contributed by atoms with Crippen molar-refractivity contribution in [1.82, 2.24) is 9.88 Å². The van der Waals surface area contributed by atoms with Crippen molar-refractivity contribution < 1.29 is 5.11 Å². The van der Waals surface area contributed by atoms with E-state index in [1.165, 1.54) is 24.6 Å².